The van der Waals surface area contributed by atoms with Gasteiger partial charge in [0.05, 0.1) is 6.54 Å². The van der Waals surface area contributed by atoms with Gasteiger partial charge in [-0.15, -0.1) is 0 Å². The number of rotatable bonds is 2. The highest BCUT2D eigenvalue weighted by molar-refractivity contribution is 6.02. The Morgan fingerprint density at radius 1 is 0.955 bits per heavy atom. The number of likely N-dealkylation sites (tertiary alicyclic amines) is 1. The van der Waals surface area contributed by atoms with E-state index in [2.05, 4.69) is 54.6 Å². The van der Waals surface area contributed by atoms with Crippen molar-refractivity contribution < 1.29 is 10.0 Å². The Labute approximate surface area is 131 Å². The average Bonchev–Trinajstić information content (AvgIpc) is 2.55. The van der Waals surface area contributed by atoms with E-state index < -0.39 is 0 Å². The van der Waals surface area contributed by atoms with Crippen LogP contribution < -0.4 is 4.90 Å². The molecular formula is C20H22NO+. The van der Waals surface area contributed by atoms with E-state index in [4.69, 9.17) is 0 Å². The molecule has 2 N–H and O–H groups in total. The van der Waals surface area contributed by atoms with Crippen LogP contribution in [0.25, 0.3) is 21.5 Å². The van der Waals surface area contributed by atoms with Crippen molar-refractivity contribution in [3.05, 3.63) is 60.2 Å². The molecule has 1 saturated heterocycles. The highest BCUT2D eigenvalue weighted by atomic mass is 16.3. The first-order valence-electron chi connectivity index (χ1n) is 8.22. The maximum absolute atomic E-state index is 9.96. The molecule has 1 aliphatic heterocycles. The standard InChI is InChI=1S/C20H21NO/c22-17-8-5-11-21(13-17)14-20-18-9-3-1-6-15(18)12-16-7-2-4-10-19(16)20/h1-4,6-7,9-10,12,17,22H,5,8,11,13-14H2/p+1/t17-/m0/s1. The molecule has 2 nitrogen and oxygen atoms in total. The number of hydrogen-bond acceptors (Lipinski definition) is 1. The molecule has 112 valence electrons. The van der Waals surface area contributed by atoms with Crippen molar-refractivity contribution in [2.24, 2.45) is 0 Å². The molecule has 0 radical (unpaired) electrons. The van der Waals surface area contributed by atoms with Gasteiger partial charge in [0.1, 0.15) is 19.2 Å². The van der Waals surface area contributed by atoms with Crippen LogP contribution in [0.2, 0.25) is 0 Å². The predicted molar refractivity (Wildman–Crippen MR) is 91.1 cm³/mol. The van der Waals surface area contributed by atoms with Gasteiger partial charge in [-0.2, -0.15) is 0 Å². The third-order valence-electron chi connectivity index (χ3n) is 4.90. The van der Waals surface area contributed by atoms with Crippen LogP contribution in [-0.4, -0.2) is 24.3 Å². The van der Waals surface area contributed by atoms with Gasteiger partial charge in [-0.25, -0.2) is 0 Å². The molecule has 4 rings (SSSR count). The van der Waals surface area contributed by atoms with Gasteiger partial charge in [0, 0.05) is 5.56 Å². The molecule has 0 aromatic heterocycles. The van der Waals surface area contributed by atoms with Crippen molar-refractivity contribution in [3.8, 4) is 0 Å². The van der Waals surface area contributed by atoms with E-state index >= 15 is 0 Å². The first-order valence-corrected chi connectivity index (χ1v) is 8.22. The minimum Gasteiger partial charge on any atom is -0.387 e. The lowest BCUT2D eigenvalue weighted by molar-refractivity contribution is -0.921. The van der Waals surface area contributed by atoms with E-state index in [9.17, 15) is 5.11 Å². The van der Waals surface area contributed by atoms with Gasteiger partial charge in [0.2, 0.25) is 0 Å². The van der Waals surface area contributed by atoms with E-state index in [1.54, 1.807) is 0 Å². The highest BCUT2D eigenvalue weighted by Gasteiger charge is 2.22. The first-order chi connectivity index (χ1) is 10.8. The molecule has 2 atom stereocenters. The fourth-order valence-corrected chi connectivity index (χ4v) is 3.83. The number of benzene rings is 3. The van der Waals surface area contributed by atoms with Crippen molar-refractivity contribution in [2.45, 2.75) is 25.5 Å². The molecule has 1 aliphatic rings. The number of nitrogens with one attached hydrogen (secondary N) is 1. The van der Waals surface area contributed by atoms with E-state index in [0.717, 1.165) is 32.5 Å². The second kappa shape index (κ2) is 5.71. The van der Waals surface area contributed by atoms with Crippen LogP contribution in [0.5, 0.6) is 0 Å². The normalized spacial score (nSPS) is 22.2. The number of aliphatic hydroxyl groups is 1. The lowest BCUT2D eigenvalue weighted by Gasteiger charge is -2.28. The van der Waals surface area contributed by atoms with Gasteiger partial charge in [-0.1, -0.05) is 48.5 Å². The van der Waals surface area contributed by atoms with Crippen molar-refractivity contribution in [1.82, 2.24) is 0 Å². The number of hydrogen-bond donors (Lipinski definition) is 2. The summed E-state index contributed by atoms with van der Waals surface area (Å²) in [5.41, 5.74) is 1.43. The molecule has 3 aromatic carbocycles. The lowest BCUT2D eigenvalue weighted by Crippen LogP contribution is -3.12. The van der Waals surface area contributed by atoms with Gasteiger partial charge in [0.15, 0.2) is 0 Å². The zero-order valence-corrected chi connectivity index (χ0v) is 12.8. The van der Waals surface area contributed by atoms with Crippen LogP contribution >= 0.6 is 0 Å². The van der Waals surface area contributed by atoms with Crippen molar-refractivity contribution in [2.75, 3.05) is 13.1 Å². The second-order valence-electron chi connectivity index (χ2n) is 6.47. The summed E-state index contributed by atoms with van der Waals surface area (Å²) in [5, 5.41) is 15.3. The largest absolute Gasteiger partial charge is 0.387 e. The minimum atomic E-state index is -0.134. The number of quaternary nitrogens is 1. The number of aliphatic hydroxyl groups excluding tert-OH is 1. The molecule has 3 aromatic rings. The third kappa shape index (κ3) is 2.49. The molecule has 0 aliphatic carbocycles. The van der Waals surface area contributed by atoms with Crippen molar-refractivity contribution in [1.29, 1.82) is 0 Å². The van der Waals surface area contributed by atoms with Crippen molar-refractivity contribution in [3.63, 3.8) is 0 Å². The van der Waals surface area contributed by atoms with E-state index in [1.165, 1.54) is 32.0 Å². The molecule has 2 heteroatoms. The number of piperidine rings is 1. The topological polar surface area (TPSA) is 24.7 Å². The first kappa shape index (κ1) is 13.7. The van der Waals surface area contributed by atoms with Crippen LogP contribution in [0, 0.1) is 0 Å². The van der Waals surface area contributed by atoms with Crippen LogP contribution in [-0.2, 0) is 6.54 Å². The fourth-order valence-electron chi connectivity index (χ4n) is 3.83. The molecular weight excluding hydrogens is 270 g/mol. The number of fused-ring (bicyclic) bond motifs is 2. The Morgan fingerprint density at radius 3 is 2.23 bits per heavy atom. The van der Waals surface area contributed by atoms with Crippen LogP contribution in [0.1, 0.15) is 18.4 Å². The quantitative estimate of drug-likeness (QED) is 0.697. The third-order valence-corrected chi connectivity index (χ3v) is 4.90. The van der Waals surface area contributed by atoms with Gasteiger partial charge in [-0.05, 0) is 40.5 Å². The smallest absolute Gasteiger partial charge is 0.104 e. The summed E-state index contributed by atoms with van der Waals surface area (Å²) in [6.45, 7) is 3.03. The van der Waals surface area contributed by atoms with Gasteiger partial charge in [0.25, 0.3) is 0 Å². The summed E-state index contributed by atoms with van der Waals surface area (Å²) in [4.78, 5) is 1.50. The summed E-state index contributed by atoms with van der Waals surface area (Å²) in [6.07, 6.45) is 1.95. The Morgan fingerprint density at radius 2 is 1.59 bits per heavy atom. The second-order valence-corrected chi connectivity index (χ2v) is 6.47. The summed E-state index contributed by atoms with van der Waals surface area (Å²) in [5.74, 6) is 0. The zero-order chi connectivity index (χ0) is 14.9. The Hall–Kier alpha value is -1.90. The molecule has 1 heterocycles. The average molecular weight is 292 g/mol. The molecule has 0 bridgehead atoms. The fraction of sp³-hybridized carbons (Fsp3) is 0.300. The maximum Gasteiger partial charge on any atom is 0.104 e. The monoisotopic (exact) mass is 292 g/mol. The maximum atomic E-state index is 9.96. The van der Waals surface area contributed by atoms with Crippen LogP contribution in [0.3, 0.4) is 0 Å². The molecule has 1 fully saturated rings. The summed E-state index contributed by atoms with van der Waals surface area (Å²) in [7, 11) is 0. The van der Waals surface area contributed by atoms with Crippen molar-refractivity contribution >= 4 is 21.5 Å². The molecule has 22 heavy (non-hydrogen) atoms. The Bertz CT molecular complexity index is 757. The molecule has 0 spiro atoms. The minimum absolute atomic E-state index is 0.134. The Kier molecular flexibility index (Phi) is 3.57. The summed E-state index contributed by atoms with van der Waals surface area (Å²) < 4.78 is 0. The predicted octanol–water partition coefficient (Wildman–Crippen LogP) is 2.53. The lowest BCUT2D eigenvalue weighted by atomic mass is 9.96. The van der Waals surface area contributed by atoms with E-state index in [1.807, 2.05) is 0 Å². The highest BCUT2D eigenvalue weighted by Crippen LogP contribution is 2.28. The SMILES string of the molecule is O[C@H]1CCC[NH+](Cc2c3ccccc3cc3ccccc23)C1. The summed E-state index contributed by atoms with van der Waals surface area (Å²) in [6, 6.07) is 19.6. The molecule has 1 unspecified atom stereocenters. The van der Waals surface area contributed by atoms with Gasteiger partial charge in [-0.3, -0.25) is 0 Å². The van der Waals surface area contributed by atoms with Gasteiger partial charge < -0.3 is 10.0 Å². The van der Waals surface area contributed by atoms with Gasteiger partial charge >= 0.3 is 0 Å². The van der Waals surface area contributed by atoms with Crippen LogP contribution in [0.15, 0.2) is 54.6 Å². The van der Waals surface area contributed by atoms with E-state index in [0.29, 0.717) is 0 Å². The molecule has 0 amide bonds. The molecule has 0 saturated carbocycles. The Balaban J connectivity index is 1.85. The van der Waals surface area contributed by atoms with Crippen LogP contribution in [0.4, 0.5) is 0 Å². The zero-order valence-electron chi connectivity index (χ0n) is 12.8. The van der Waals surface area contributed by atoms with E-state index in [-0.39, 0.29) is 6.10 Å². The summed E-state index contributed by atoms with van der Waals surface area (Å²) >= 11 is 0.